The molecule has 0 unspecified atom stereocenters. The number of aromatic hydroxyl groups is 2. The van der Waals surface area contributed by atoms with Gasteiger partial charge in [-0.1, -0.05) is 11.6 Å². The fourth-order valence-corrected chi connectivity index (χ4v) is 0.493. The molecule has 1 aromatic carbocycles. The zero-order valence-corrected chi connectivity index (χ0v) is 8.12. The molecule has 0 aliphatic carbocycles. The van der Waals surface area contributed by atoms with Crippen molar-refractivity contribution in [1.82, 2.24) is 6.15 Å². The highest BCUT2D eigenvalue weighted by Crippen LogP contribution is 2.14. The highest BCUT2D eigenvalue weighted by atomic mass is 16.3. The average molecular weight is 183 g/mol. The number of hydrogen-bond donors (Lipinski definition) is 3. The second-order valence-electron chi connectivity index (χ2n) is 2.73. The number of allylic oxidation sites excluding steroid dienone is 1. The Labute approximate surface area is 78.9 Å². The quantitative estimate of drug-likeness (QED) is 0.541. The van der Waals surface area contributed by atoms with E-state index in [0.29, 0.717) is 0 Å². The maximum Gasteiger partial charge on any atom is 0.119 e. The van der Waals surface area contributed by atoms with Gasteiger partial charge < -0.3 is 16.4 Å². The predicted molar refractivity (Wildman–Crippen MR) is 55.3 cm³/mol. The molecule has 74 valence electrons. The second kappa shape index (κ2) is 7.18. The summed E-state index contributed by atoms with van der Waals surface area (Å²) in [5.74, 6) is 0.176. The van der Waals surface area contributed by atoms with Gasteiger partial charge in [0.15, 0.2) is 0 Å². The summed E-state index contributed by atoms with van der Waals surface area (Å²) in [7, 11) is 0. The van der Waals surface area contributed by atoms with Gasteiger partial charge in [-0.15, -0.1) is 6.58 Å². The van der Waals surface area contributed by atoms with Gasteiger partial charge in [-0.3, -0.25) is 0 Å². The van der Waals surface area contributed by atoms with E-state index in [9.17, 15) is 0 Å². The van der Waals surface area contributed by atoms with Crippen molar-refractivity contribution in [2.24, 2.45) is 0 Å². The van der Waals surface area contributed by atoms with Crippen LogP contribution in [0.3, 0.4) is 0 Å². The van der Waals surface area contributed by atoms with Gasteiger partial charge in [-0.25, -0.2) is 0 Å². The molecule has 0 atom stereocenters. The summed E-state index contributed by atoms with van der Waals surface area (Å²) in [5, 5.41) is 17.3. The minimum absolute atomic E-state index is 0. The number of phenols is 2. The number of rotatable bonds is 0. The molecule has 0 bridgehead atoms. The third-order valence-corrected chi connectivity index (χ3v) is 0.830. The van der Waals surface area contributed by atoms with Crippen LogP contribution in [0.25, 0.3) is 0 Å². The van der Waals surface area contributed by atoms with Gasteiger partial charge >= 0.3 is 0 Å². The zero-order valence-electron chi connectivity index (χ0n) is 8.12. The zero-order chi connectivity index (χ0) is 9.56. The Bertz CT molecular complexity index is 238. The summed E-state index contributed by atoms with van der Waals surface area (Å²) in [6.45, 7) is 7.50. The predicted octanol–water partition coefficient (Wildman–Crippen LogP) is 2.84. The summed E-state index contributed by atoms with van der Waals surface area (Å²) < 4.78 is 0. The third kappa shape index (κ3) is 10.5. The van der Waals surface area contributed by atoms with E-state index in [2.05, 4.69) is 6.58 Å². The first-order valence-electron chi connectivity index (χ1n) is 3.62. The molecule has 0 spiro atoms. The Morgan fingerprint density at radius 3 is 1.62 bits per heavy atom. The summed E-state index contributed by atoms with van der Waals surface area (Å²) >= 11 is 0. The van der Waals surface area contributed by atoms with Crippen molar-refractivity contribution < 1.29 is 10.2 Å². The number of benzene rings is 1. The van der Waals surface area contributed by atoms with E-state index < -0.39 is 0 Å². The second-order valence-corrected chi connectivity index (χ2v) is 2.73. The third-order valence-electron chi connectivity index (χ3n) is 0.830. The van der Waals surface area contributed by atoms with Crippen molar-refractivity contribution in [1.29, 1.82) is 0 Å². The number of phenolic OH excluding ortho intramolecular Hbond substituents is 2. The maximum absolute atomic E-state index is 8.65. The highest BCUT2D eigenvalue weighted by molar-refractivity contribution is 5.30. The molecular formula is C10H17NO2. The van der Waals surface area contributed by atoms with E-state index in [0.717, 1.165) is 0 Å². The molecule has 0 saturated heterocycles. The first-order valence-corrected chi connectivity index (χ1v) is 3.62. The Morgan fingerprint density at radius 1 is 1.15 bits per heavy atom. The van der Waals surface area contributed by atoms with Crippen molar-refractivity contribution in [3.05, 3.63) is 36.4 Å². The molecule has 3 heteroatoms. The van der Waals surface area contributed by atoms with E-state index in [-0.39, 0.29) is 17.6 Å². The first kappa shape index (κ1) is 14.1. The Balaban J connectivity index is 0. The van der Waals surface area contributed by atoms with Crippen molar-refractivity contribution >= 4 is 0 Å². The van der Waals surface area contributed by atoms with Gasteiger partial charge in [-0.2, -0.15) is 0 Å². The molecule has 0 fully saturated rings. The van der Waals surface area contributed by atoms with E-state index in [1.165, 1.54) is 23.8 Å². The van der Waals surface area contributed by atoms with Crippen LogP contribution in [-0.4, -0.2) is 10.2 Å². The van der Waals surface area contributed by atoms with Crippen molar-refractivity contribution in [2.45, 2.75) is 13.8 Å². The van der Waals surface area contributed by atoms with Gasteiger partial charge in [-0.05, 0) is 26.0 Å². The lowest BCUT2D eigenvalue weighted by molar-refractivity contribution is 0.450. The number of hydrogen-bond acceptors (Lipinski definition) is 3. The van der Waals surface area contributed by atoms with Gasteiger partial charge in [0.25, 0.3) is 0 Å². The SMILES string of the molecule is C=C(C)C.N.Oc1cccc(O)c1. The smallest absolute Gasteiger partial charge is 0.119 e. The molecule has 0 saturated carbocycles. The molecule has 0 aliphatic heterocycles. The Kier molecular flexibility index (Phi) is 7.77. The van der Waals surface area contributed by atoms with Crippen LogP contribution in [0.4, 0.5) is 0 Å². The molecule has 5 N–H and O–H groups in total. The topological polar surface area (TPSA) is 75.5 Å². The van der Waals surface area contributed by atoms with E-state index in [1.54, 1.807) is 6.07 Å². The monoisotopic (exact) mass is 183 g/mol. The molecule has 0 amide bonds. The average Bonchev–Trinajstić information content (AvgIpc) is 1.84. The molecule has 1 rings (SSSR count). The largest absolute Gasteiger partial charge is 0.508 e. The molecular weight excluding hydrogens is 166 g/mol. The van der Waals surface area contributed by atoms with Crippen LogP contribution in [0, 0.1) is 0 Å². The van der Waals surface area contributed by atoms with Gasteiger partial charge in [0, 0.05) is 6.07 Å². The van der Waals surface area contributed by atoms with Crippen molar-refractivity contribution in [3.63, 3.8) is 0 Å². The standard InChI is InChI=1S/C6H6O2.C4H8.H3N/c7-5-2-1-3-6(8)4-5;1-4(2)3;/h1-4,7-8H;1H2,2-3H3;1H3. The van der Waals surface area contributed by atoms with Crippen LogP contribution in [0.5, 0.6) is 11.5 Å². The lowest BCUT2D eigenvalue weighted by atomic mass is 10.3. The molecule has 0 aromatic heterocycles. The van der Waals surface area contributed by atoms with Gasteiger partial charge in [0.05, 0.1) is 0 Å². The van der Waals surface area contributed by atoms with E-state index >= 15 is 0 Å². The lowest BCUT2D eigenvalue weighted by Gasteiger charge is -1.89. The summed E-state index contributed by atoms with van der Waals surface area (Å²) in [4.78, 5) is 0. The summed E-state index contributed by atoms with van der Waals surface area (Å²) in [6.07, 6.45) is 0. The van der Waals surface area contributed by atoms with Crippen LogP contribution >= 0.6 is 0 Å². The van der Waals surface area contributed by atoms with Crippen molar-refractivity contribution in [3.8, 4) is 11.5 Å². The van der Waals surface area contributed by atoms with Gasteiger partial charge in [0.1, 0.15) is 11.5 Å². The van der Waals surface area contributed by atoms with Crippen LogP contribution in [0.15, 0.2) is 36.4 Å². The van der Waals surface area contributed by atoms with Gasteiger partial charge in [0.2, 0.25) is 0 Å². The van der Waals surface area contributed by atoms with Crippen LogP contribution < -0.4 is 6.15 Å². The molecule has 0 radical (unpaired) electrons. The normalized spacial score (nSPS) is 7.54. The molecule has 0 aliphatic rings. The minimum atomic E-state index is 0. The first-order chi connectivity index (χ1) is 5.52. The molecule has 1 aromatic rings. The van der Waals surface area contributed by atoms with Crippen molar-refractivity contribution in [2.75, 3.05) is 0 Å². The lowest BCUT2D eigenvalue weighted by Crippen LogP contribution is -1.61. The Morgan fingerprint density at radius 2 is 1.46 bits per heavy atom. The van der Waals surface area contributed by atoms with Crippen LogP contribution in [0.1, 0.15) is 13.8 Å². The fourth-order valence-electron chi connectivity index (χ4n) is 0.493. The summed E-state index contributed by atoms with van der Waals surface area (Å²) in [6, 6.07) is 5.85. The summed E-state index contributed by atoms with van der Waals surface area (Å²) in [5.41, 5.74) is 1.17. The maximum atomic E-state index is 8.65. The minimum Gasteiger partial charge on any atom is -0.508 e. The van der Waals surface area contributed by atoms with Crippen LogP contribution in [0.2, 0.25) is 0 Å². The fraction of sp³-hybridized carbons (Fsp3) is 0.200. The molecule has 0 heterocycles. The van der Waals surface area contributed by atoms with E-state index in [4.69, 9.17) is 10.2 Å². The van der Waals surface area contributed by atoms with E-state index in [1.807, 2.05) is 13.8 Å². The molecule has 13 heavy (non-hydrogen) atoms. The molecule has 3 nitrogen and oxygen atoms in total. The Hall–Kier alpha value is -1.48. The highest BCUT2D eigenvalue weighted by Gasteiger charge is 1.85. The van der Waals surface area contributed by atoms with Crippen LogP contribution in [-0.2, 0) is 0 Å².